The average Bonchev–Trinajstić information content (AvgIpc) is 2.69. The van der Waals surface area contributed by atoms with Gasteiger partial charge in [-0.05, 0) is 41.3 Å². The van der Waals surface area contributed by atoms with Crippen LogP contribution >= 0.6 is 0 Å². The summed E-state index contributed by atoms with van der Waals surface area (Å²) in [5.41, 5.74) is 8.44. The molecule has 0 saturated carbocycles. The molecule has 1 atom stereocenters. The third-order valence-corrected chi connectivity index (χ3v) is 5.04. The Morgan fingerprint density at radius 3 is 2.62 bits per heavy atom. The Morgan fingerprint density at radius 2 is 1.97 bits per heavy atom. The minimum atomic E-state index is -1.30. The van der Waals surface area contributed by atoms with Crippen molar-refractivity contribution in [2.45, 2.75) is 0 Å². The van der Waals surface area contributed by atoms with Gasteiger partial charge in [0.2, 0.25) is 0 Å². The number of fused-ring (bicyclic) bond motifs is 1. The van der Waals surface area contributed by atoms with Crippen LogP contribution in [0, 0.1) is 5.82 Å². The van der Waals surface area contributed by atoms with E-state index < -0.39 is 16.8 Å². The standard InChI is InChI=1S/C21H21FN4O2S/c1-24-11-14(10-23)13-4-6-16-17(8-13)19(12-26(2)21(16)27)18-9-15(25-29(3)28)5-7-20(18)22/h4-12,25H,23H2,1-3H3/p+1. The molecule has 8 heteroatoms. The summed E-state index contributed by atoms with van der Waals surface area (Å²) in [7, 11) is 2.09. The van der Waals surface area contributed by atoms with Gasteiger partial charge >= 0.3 is 0 Å². The molecule has 0 amide bonds. The highest BCUT2D eigenvalue weighted by Crippen LogP contribution is 2.32. The van der Waals surface area contributed by atoms with Crippen molar-refractivity contribution in [1.29, 1.82) is 0 Å². The van der Waals surface area contributed by atoms with E-state index in [1.807, 2.05) is 6.07 Å². The lowest BCUT2D eigenvalue weighted by atomic mass is 9.96. The Kier molecular flexibility index (Phi) is 5.93. The van der Waals surface area contributed by atoms with Crippen LogP contribution in [-0.2, 0) is 18.0 Å². The summed E-state index contributed by atoms with van der Waals surface area (Å²) in [5.74, 6) is -0.445. The maximum Gasteiger partial charge on any atom is 0.258 e. The molecule has 0 radical (unpaired) electrons. The lowest BCUT2D eigenvalue weighted by Crippen LogP contribution is -2.63. The fourth-order valence-electron chi connectivity index (χ4n) is 3.20. The van der Waals surface area contributed by atoms with Crippen molar-refractivity contribution in [2.75, 3.05) is 18.0 Å². The number of benzene rings is 2. The van der Waals surface area contributed by atoms with Crippen LogP contribution in [0.4, 0.5) is 10.1 Å². The Morgan fingerprint density at radius 1 is 1.21 bits per heavy atom. The summed E-state index contributed by atoms with van der Waals surface area (Å²) >= 11 is 0. The number of hydrogen-bond acceptors (Lipinski definition) is 3. The number of aryl methyl sites for hydroxylation is 1. The number of pyridine rings is 1. The van der Waals surface area contributed by atoms with Crippen LogP contribution in [-0.4, -0.2) is 28.3 Å². The Bertz CT molecular complexity index is 1230. The Hall–Kier alpha value is -3.26. The molecule has 0 aliphatic carbocycles. The maximum absolute atomic E-state index is 14.8. The number of hydrogen-bond donors (Lipinski definition) is 3. The Labute approximate surface area is 170 Å². The molecule has 1 unspecified atom stereocenters. The molecular formula is C21H22FN4O2S+. The number of halogens is 1. The van der Waals surface area contributed by atoms with Gasteiger partial charge in [-0.3, -0.25) is 9.79 Å². The molecule has 4 N–H and O–H groups in total. The zero-order valence-electron chi connectivity index (χ0n) is 16.3. The molecule has 0 saturated heterocycles. The van der Waals surface area contributed by atoms with E-state index in [1.165, 1.54) is 29.2 Å². The molecule has 1 aromatic heterocycles. The number of allylic oxidation sites excluding steroid dienone is 1. The van der Waals surface area contributed by atoms with Crippen molar-refractivity contribution in [1.82, 2.24) is 4.57 Å². The van der Waals surface area contributed by atoms with Crippen LogP contribution in [0.1, 0.15) is 5.56 Å². The van der Waals surface area contributed by atoms with Gasteiger partial charge in [-0.1, -0.05) is 6.07 Å². The van der Waals surface area contributed by atoms with E-state index >= 15 is 0 Å². The van der Waals surface area contributed by atoms with E-state index in [0.717, 1.165) is 11.1 Å². The molecule has 6 nitrogen and oxygen atoms in total. The van der Waals surface area contributed by atoms with Gasteiger partial charge in [0, 0.05) is 47.9 Å². The molecule has 3 rings (SSSR count). The predicted molar refractivity (Wildman–Crippen MR) is 117 cm³/mol. The molecule has 1 heterocycles. The summed E-state index contributed by atoms with van der Waals surface area (Å²) in [5, 5.41) is 1.06. The van der Waals surface area contributed by atoms with Crippen LogP contribution in [0.5, 0.6) is 0 Å². The van der Waals surface area contributed by atoms with Gasteiger partial charge in [0.05, 0.1) is 5.57 Å². The van der Waals surface area contributed by atoms with E-state index in [0.29, 0.717) is 27.6 Å². The van der Waals surface area contributed by atoms with Crippen LogP contribution < -0.4 is 21.0 Å². The highest BCUT2D eigenvalue weighted by Gasteiger charge is 2.15. The second-order valence-electron chi connectivity index (χ2n) is 6.53. The number of nitrogens with one attached hydrogen (secondary N) is 2. The normalized spacial score (nSPS) is 13.2. The summed E-state index contributed by atoms with van der Waals surface area (Å²) in [4.78, 5) is 15.6. The van der Waals surface area contributed by atoms with E-state index in [1.54, 1.807) is 44.7 Å². The number of rotatable bonds is 5. The van der Waals surface area contributed by atoms with Crippen LogP contribution in [0.3, 0.4) is 0 Å². The largest absolute Gasteiger partial charge is 0.404 e. The second-order valence-corrected chi connectivity index (χ2v) is 7.64. The topological polar surface area (TPSA) is 91.1 Å². The molecule has 0 aliphatic heterocycles. The molecule has 29 heavy (non-hydrogen) atoms. The number of anilines is 1. The van der Waals surface area contributed by atoms with Gasteiger partial charge in [-0.2, -0.15) is 0 Å². The van der Waals surface area contributed by atoms with Gasteiger partial charge in [-0.15, -0.1) is 0 Å². The first kappa shape index (κ1) is 20.5. The van der Waals surface area contributed by atoms with Crippen molar-refractivity contribution < 1.29 is 13.6 Å². The second kappa shape index (κ2) is 8.40. The van der Waals surface area contributed by atoms with Gasteiger partial charge in [0.25, 0.3) is 5.56 Å². The molecule has 0 bridgehead atoms. The zero-order chi connectivity index (χ0) is 21.1. The fraction of sp³-hybridized carbons (Fsp3) is 0.143. The van der Waals surface area contributed by atoms with Gasteiger partial charge in [0.1, 0.15) is 23.9 Å². The van der Waals surface area contributed by atoms with Crippen molar-refractivity contribution in [3.63, 3.8) is 0 Å². The first-order valence-corrected chi connectivity index (χ1v) is 10.4. The summed E-state index contributed by atoms with van der Waals surface area (Å²) in [6, 6.07) is 9.75. The average molecular weight is 413 g/mol. The molecule has 3 aromatic rings. The van der Waals surface area contributed by atoms with E-state index in [4.69, 9.17) is 5.73 Å². The van der Waals surface area contributed by atoms with Crippen molar-refractivity contribution >= 4 is 39.2 Å². The quantitative estimate of drug-likeness (QED) is 0.548. The SMILES string of the molecule is C[NH+]=CC(=CN)c1ccc2c(=O)n(C)cc(-c3cc(NS(C)=O)ccc3F)c2c1. The molecule has 0 aliphatic rings. The van der Waals surface area contributed by atoms with Gasteiger partial charge in [-0.25, -0.2) is 8.60 Å². The number of nitrogens with zero attached hydrogens (tertiary/aromatic N) is 1. The molecular weight excluding hydrogens is 391 g/mol. The summed E-state index contributed by atoms with van der Waals surface area (Å²) in [6.45, 7) is 0. The van der Waals surface area contributed by atoms with Crippen molar-refractivity contribution in [3.05, 3.63) is 70.5 Å². The molecule has 0 spiro atoms. The molecule has 150 valence electrons. The molecule has 2 aromatic carbocycles. The third kappa shape index (κ3) is 4.12. The first-order valence-electron chi connectivity index (χ1n) is 8.82. The minimum Gasteiger partial charge on any atom is -0.404 e. The van der Waals surface area contributed by atoms with Crippen LogP contribution in [0.25, 0.3) is 27.5 Å². The Balaban J connectivity index is 2.34. The zero-order valence-corrected chi connectivity index (χ0v) is 17.1. The van der Waals surface area contributed by atoms with Crippen LogP contribution in [0.2, 0.25) is 0 Å². The fourth-order valence-corrected chi connectivity index (χ4v) is 3.66. The summed E-state index contributed by atoms with van der Waals surface area (Å²) in [6.07, 6.45) is 6.30. The van der Waals surface area contributed by atoms with Crippen molar-refractivity contribution in [3.8, 4) is 11.1 Å². The van der Waals surface area contributed by atoms with E-state index in [-0.39, 0.29) is 5.56 Å². The number of aromatic nitrogens is 1. The number of nitrogens with two attached hydrogens (primary N) is 1. The maximum atomic E-state index is 14.8. The lowest BCUT2D eigenvalue weighted by molar-refractivity contribution is -0.412. The highest BCUT2D eigenvalue weighted by molar-refractivity contribution is 7.85. The van der Waals surface area contributed by atoms with E-state index in [9.17, 15) is 13.4 Å². The lowest BCUT2D eigenvalue weighted by Gasteiger charge is -2.13. The first-order chi connectivity index (χ1) is 13.8. The minimum absolute atomic E-state index is 0.185. The van der Waals surface area contributed by atoms with Crippen LogP contribution in [0.15, 0.2) is 53.6 Å². The monoisotopic (exact) mass is 413 g/mol. The van der Waals surface area contributed by atoms with E-state index in [2.05, 4.69) is 9.71 Å². The van der Waals surface area contributed by atoms with Crippen molar-refractivity contribution in [2.24, 2.45) is 12.8 Å². The smallest absolute Gasteiger partial charge is 0.258 e. The van der Waals surface area contributed by atoms with Gasteiger partial charge in [0.15, 0.2) is 6.21 Å². The molecule has 0 fully saturated rings. The third-order valence-electron chi connectivity index (χ3n) is 4.51. The van der Waals surface area contributed by atoms with Gasteiger partial charge < -0.3 is 15.0 Å². The summed E-state index contributed by atoms with van der Waals surface area (Å²) < 4.78 is 30.5. The highest BCUT2D eigenvalue weighted by atomic mass is 32.2. The predicted octanol–water partition coefficient (Wildman–Crippen LogP) is 1.13.